The number of thiocarbonyl (C=S) groups is 1. The van der Waals surface area contributed by atoms with Crippen LogP contribution in [0.1, 0.15) is 10.4 Å². The summed E-state index contributed by atoms with van der Waals surface area (Å²) in [5, 5.41) is 10.1. The molecule has 3 nitrogen and oxygen atoms in total. The summed E-state index contributed by atoms with van der Waals surface area (Å²) in [6.07, 6.45) is 1.72. The van der Waals surface area contributed by atoms with Crippen LogP contribution in [0.4, 0.5) is 0 Å². The molecule has 0 aliphatic carbocycles. The maximum atomic E-state index is 10.2. The van der Waals surface area contributed by atoms with E-state index in [1.807, 2.05) is 0 Å². The molecule has 0 spiro atoms. The van der Waals surface area contributed by atoms with E-state index in [1.54, 1.807) is 23.2 Å². The molecular weight excluding hydrogens is 182 g/mol. The summed E-state index contributed by atoms with van der Waals surface area (Å²) in [4.78, 5) is 10.8. The highest BCUT2D eigenvalue weighted by molar-refractivity contribution is 7.80. The monoisotopic (exact) mass is 186 g/mol. The third kappa shape index (κ3) is 1.62. The molecule has 0 aliphatic rings. The van der Waals surface area contributed by atoms with E-state index in [0.29, 0.717) is 10.4 Å². The van der Waals surface area contributed by atoms with Crippen LogP contribution < -0.4 is 5.48 Å². The lowest BCUT2D eigenvalue weighted by atomic mass is 10.3. The van der Waals surface area contributed by atoms with Crippen molar-refractivity contribution in [2.75, 3.05) is 0 Å². The predicted octanol–water partition coefficient (Wildman–Crippen LogP) is 0.860. The van der Waals surface area contributed by atoms with E-state index in [1.165, 1.54) is 11.3 Å². The molecule has 0 saturated carbocycles. The van der Waals surface area contributed by atoms with Gasteiger partial charge in [-0.1, -0.05) is 12.2 Å². The van der Waals surface area contributed by atoms with E-state index >= 15 is 0 Å². The van der Waals surface area contributed by atoms with Crippen LogP contribution in [0.5, 0.6) is 0 Å². The molecule has 0 unspecified atom stereocenters. The number of nitrogens with one attached hydrogen (secondary N) is 1. The standard InChI is InChI=1S/C6H4NO2S2/c8-3-5-4(1-2-11-5)6(10)7-9/h1-2,9H,(H,7,10). The van der Waals surface area contributed by atoms with Gasteiger partial charge >= 0.3 is 0 Å². The number of hydrogen-bond donors (Lipinski definition) is 2. The van der Waals surface area contributed by atoms with Crippen molar-refractivity contribution in [3.63, 3.8) is 0 Å². The molecule has 5 heteroatoms. The lowest BCUT2D eigenvalue weighted by Gasteiger charge is -1.96. The highest BCUT2D eigenvalue weighted by Gasteiger charge is 2.07. The molecule has 1 heterocycles. The Morgan fingerprint density at radius 2 is 2.55 bits per heavy atom. The van der Waals surface area contributed by atoms with Gasteiger partial charge in [0, 0.05) is 5.56 Å². The highest BCUT2D eigenvalue weighted by Crippen LogP contribution is 2.13. The number of carbonyl (C=O) groups excluding carboxylic acids is 1. The molecule has 57 valence electrons. The summed E-state index contributed by atoms with van der Waals surface area (Å²) in [5.74, 6) is 0. The quantitative estimate of drug-likeness (QED) is 0.531. The molecule has 0 fully saturated rings. The van der Waals surface area contributed by atoms with Gasteiger partial charge in [0.05, 0.1) is 4.88 Å². The van der Waals surface area contributed by atoms with Gasteiger partial charge in [0.2, 0.25) is 6.29 Å². The molecule has 1 radical (unpaired) electrons. The van der Waals surface area contributed by atoms with Gasteiger partial charge < -0.3 is 0 Å². The Balaban J connectivity index is 3.01. The van der Waals surface area contributed by atoms with Crippen LogP contribution in [0.15, 0.2) is 11.4 Å². The van der Waals surface area contributed by atoms with Crippen LogP contribution in [-0.2, 0) is 4.79 Å². The van der Waals surface area contributed by atoms with Crippen molar-refractivity contribution >= 4 is 34.8 Å². The third-order valence-electron chi connectivity index (χ3n) is 1.10. The smallest absolute Gasteiger partial charge is 0.245 e. The molecule has 11 heavy (non-hydrogen) atoms. The zero-order valence-electron chi connectivity index (χ0n) is 5.33. The van der Waals surface area contributed by atoms with E-state index in [-0.39, 0.29) is 4.99 Å². The zero-order valence-corrected chi connectivity index (χ0v) is 6.96. The first kappa shape index (κ1) is 8.32. The predicted molar refractivity (Wildman–Crippen MR) is 45.7 cm³/mol. The molecule has 2 N–H and O–H groups in total. The van der Waals surface area contributed by atoms with Crippen LogP contribution in [0.25, 0.3) is 0 Å². The lowest BCUT2D eigenvalue weighted by Crippen LogP contribution is -2.17. The SMILES string of the molecule is O=[C]c1sccc1C(=S)NO. The van der Waals surface area contributed by atoms with Crippen molar-refractivity contribution < 1.29 is 10.0 Å². The lowest BCUT2D eigenvalue weighted by molar-refractivity contribution is 0.238. The molecular formula is C6H4NO2S2. The molecule has 0 amide bonds. The van der Waals surface area contributed by atoms with Crippen molar-refractivity contribution in [1.29, 1.82) is 0 Å². The molecule has 1 aromatic heterocycles. The van der Waals surface area contributed by atoms with Crippen LogP contribution >= 0.6 is 23.6 Å². The summed E-state index contributed by atoms with van der Waals surface area (Å²) < 4.78 is 0. The number of thiophene rings is 1. The Morgan fingerprint density at radius 1 is 1.82 bits per heavy atom. The van der Waals surface area contributed by atoms with Crippen molar-refractivity contribution in [3.8, 4) is 0 Å². The second kappa shape index (κ2) is 3.56. The molecule has 1 aromatic rings. The number of rotatable bonds is 2. The maximum Gasteiger partial charge on any atom is 0.245 e. The third-order valence-corrected chi connectivity index (χ3v) is 2.23. The molecule has 0 atom stereocenters. The number of hydroxylamine groups is 1. The van der Waals surface area contributed by atoms with Gasteiger partial charge in [-0.05, 0) is 11.4 Å². The van der Waals surface area contributed by atoms with E-state index in [0.717, 1.165) is 0 Å². The fourth-order valence-electron chi connectivity index (χ4n) is 0.627. The largest absolute Gasteiger partial charge is 0.290 e. The Labute approximate surface area is 72.6 Å². The van der Waals surface area contributed by atoms with E-state index < -0.39 is 0 Å². The normalized spacial score (nSPS) is 9.18. The summed E-state index contributed by atoms with van der Waals surface area (Å²) >= 11 is 5.93. The summed E-state index contributed by atoms with van der Waals surface area (Å²) in [6.45, 7) is 0. The van der Waals surface area contributed by atoms with E-state index in [9.17, 15) is 4.79 Å². The molecule has 0 aliphatic heterocycles. The van der Waals surface area contributed by atoms with Crippen molar-refractivity contribution in [2.24, 2.45) is 0 Å². The molecule has 1 rings (SSSR count). The maximum absolute atomic E-state index is 10.2. The van der Waals surface area contributed by atoms with Crippen molar-refractivity contribution in [3.05, 3.63) is 21.9 Å². The van der Waals surface area contributed by atoms with E-state index in [2.05, 4.69) is 0 Å². The summed E-state index contributed by atoms with van der Waals surface area (Å²) in [6, 6.07) is 1.65. The van der Waals surface area contributed by atoms with Crippen LogP contribution in [-0.4, -0.2) is 16.5 Å². The topological polar surface area (TPSA) is 49.3 Å². The first-order valence-corrected chi connectivity index (χ1v) is 3.98. The van der Waals surface area contributed by atoms with E-state index in [4.69, 9.17) is 17.4 Å². The average Bonchev–Trinajstić information content (AvgIpc) is 2.50. The van der Waals surface area contributed by atoms with Gasteiger partial charge in [0.15, 0.2) is 0 Å². The summed E-state index contributed by atoms with van der Waals surface area (Å²) in [5.41, 5.74) is 2.32. The molecule has 0 bridgehead atoms. The second-order valence-corrected chi connectivity index (χ2v) is 3.03. The molecule has 0 aromatic carbocycles. The van der Waals surface area contributed by atoms with Gasteiger partial charge in [-0.25, -0.2) is 0 Å². The first-order valence-electron chi connectivity index (χ1n) is 2.69. The molecule has 0 saturated heterocycles. The van der Waals surface area contributed by atoms with Gasteiger partial charge in [0.25, 0.3) is 0 Å². The minimum absolute atomic E-state index is 0.143. The van der Waals surface area contributed by atoms with Gasteiger partial charge in [-0.15, -0.1) is 11.3 Å². The fourth-order valence-corrected chi connectivity index (χ4v) is 1.55. The van der Waals surface area contributed by atoms with Crippen molar-refractivity contribution in [2.45, 2.75) is 0 Å². The van der Waals surface area contributed by atoms with Crippen LogP contribution in [0.2, 0.25) is 0 Å². The first-order chi connectivity index (χ1) is 5.29. The minimum Gasteiger partial charge on any atom is -0.290 e. The minimum atomic E-state index is 0.143. The van der Waals surface area contributed by atoms with Crippen LogP contribution in [0.3, 0.4) is 0 Å². The average molecular weight is 186 g/mol. The van der Waals surface area contributed by atoms with Gasteiger partial charge in [-0.2, -0.15) is 0 Å². The Hall–Kier alpha value is -0.780. The van der Waals surface area contributed by atoms with Gasteiger partial charge in [0.1, 0.15) is 4.99 Å². The second-order valence-electron chi connectivity index (χ2n) is 1.71. The highest BCUT2D eigenvalue weighted by atomic mass is 32.1. The van der Waals surface area contributed by atoms with Gasteiger partial charge in [-0.3, -0.25) is 15.5 Å². The van der Waals surface area contributed by atoms with Crippen molar-refractivity contribution in [1.82, 2.24) is 5.48 Å². The zero-order chi connectivity index (χ0) is 8.27. The Bertz CT molecular complexity index is 282. The fraction of sp³-hybridized carbons (Fsp3) is 0. The summed E-state index contributed by atoms with van der Waals surface area (Å²) in [7, 11) is 0. The Morgan fingerprint density at radius 3 is 3.09 bits per heavy atom. The Kier molecular flexibility index (Phi) is 2.70. The number of hydrogen-bond acceptors (Lipinski definition) is 4. The van der Waals surface area contributed by atoms with Crippen LogP contribution in [0, 0.1) is 0 Å².